The van der Waals surface area contributed by atoms with Crippen LogP contribution in [0.5, 0.6) is 0 Å². The Morgan fingerprint density at radius 2 is 1.67 bits per heavy atom. The van der Waals surface area contributed by atoms with E-state index in [2.05, 4.69) is 12.2 Å². The van der Waals surface area contributed by atoms with Crippen LogP contribution in [-0.4, -0.2) is 55.8 Å². The smallest absolute Gasteiger partial charge is 0.243 e. The highest BCUT2D eigenvalue weighted by Crippen LogP contribution is 2.23. The van der Waals surface area contributed by atoms with E-state index in [-0.39, 0.29) is 11.9 Å². The van der Waals surface area contributed by atoms with Crippen LogP contribution in [0.15, 0.2) is 47.4 Å². The van der Waals surface area contributed by atoms with E-state index in [0.717, 1.165) is 23.2 Å². The van der Waals surface area contributed by atoms with Gasteiger partial charge in [0, 0.05) is 31.9 Å². The molecule has 1 aliphatic rings. The number of carbonyl (C=O) groups is 1. The molecule has 162 valence electrons. The standard InChI is InChI=1S/C23H31N3O3S/c1-5-20-7-9-21(10-8-20)24-23(27)19(4)25-12-14-26(15-13-25)30(28,29)22-11-6-17(2)16-18(22)3/h6-11,16,19H,5,12-15H2,1-4H3,(H,24,27). The number of rotatable bonds is 6. The van der Waals surface area contributed by atoms with Gasteiger partial charge in [0.25, 0.3) is 0 Å². The lowest BCUT2D eigenvalue weighted by Gasteiger charge is -2.36. The minimum absolute atomic E-state index is 0.0788. The molecule has 1 heterocycles. The molecule has 1 fully saturated rings. The molecule has 0 spiro atoms. The summed E-state index contributed by atoms with van der Waals surface area (Å²) in [4.78, 5) is 15.1. The van der Waals surface area contributed by atoms with E-state index in [9.17, 15) is 13.2 Å². The van der Waals surface area contributed by atoms with Crippen LogP contribution in [0.1, 0.15) is 30.5 Å². The number of carbonyl (C=O) groups excluding carboxylic acids is 1. The molecule has 6 nitrogen and oxygen atoms in total. The molecular weight excluding hydrogens is 398 g/mol. The zero-order valence-electron chi connectivity index (χ0n) is 18.2. The number of sulfonamides is 1. The minimum Gasteiger partial charge on any atom is -0.325 e. The normalized spacial score (nSPS) is 16.9. The van der Waals surface area contributed by atoms with Gasteiger partial charge >= 0.3 is 0 Å². The van der Waals surface area contributed by atoms with E-state index in [4.69, 9.17) is 0 Å². The van der Waals surface area contributed by atoms with Crippen molar-refractivity contribution in [2.45, 2.75) is 45.1 Å². The van der Waals surface area contributed by atoms with Gasteiger partial charge in [0.1, 0.15) is 0 Å². The fraction of sp³-hybridized carbons (Fsp3) is 0.435. The maximum atomic E-state index is 13.1. The van der Waals surface area contributed by atoms with E-state index in [1.807, 2.05) is 62.1 Å². The highest BCUT2D eigenvalue weighted by atomic mass is 32.2. The number of amides is 1. The van der Waals surface area contributed by atoms with Gasteiger partial charge in [-0.2, -0.15) is 4.31 Å². The maximum Gasteiger partial charge on any atom is 0.243 e. The topological polar surface area (TPSA) is 69.7 Å². The van der Waals surface area contributed by atoms with Crippen LogP contribution in [0, 0.1) is 13.8 Å². The Hall–Kier alpha value is -2.22. The highest BCUT2D eigenvalue weighted by molar-refractivity contribution is 7.89. The zero-order valence-corrected chi connectivity index (χ0v) is 19.0. The van der Waals surface area contributed by atoms with Gasteiger partial charge in [-0.1, -0.05) is 36.8 Å². The molecule has 0 bridgehead atoms. The molecule has 0 aliphatic carbocycles. The van der Waals surface area contributed by atoms with Crippen LogP contribution >= 0.6 is 0 Å². The molecule has 3 rings (SSSR count). The molecule has 1 N–H and O–H groups in total. The van der Waals surface area contributed by atoms with Crippen LogP contribution in [-0.2, 0) is 21.2 Å². The van der Waals surface area contributed by atoms with E-state index >= 15 is 0 Å². The number of anilines is 1. The van der Waals surface area contributed by atoms with Crippen molar-refractivity contribution in [1.29, 1.82) is 0 Å². The number of nitrogens with one attached hydrogen (secondary N) is 1. The van der Waals surface area contributed by atoms with Crippen molar-refractivity contribution >= 4 is 21.6 Å². The third kappa shape index (κ3) is 4.91. The maximum absolute atomic E-state index is 13.1. The molecule has 1 amide bonds. The lowest BCUT2D eigenvalue weighted by atomic mass is 10.1. The summed E-state index contributed by atoms with van der Waals surface area (Å²) in [7, 11) is -3.53. The van der Waals surface area contributed by atoms with Gasteiger partial charge in [0.15, 0.2) is 0 Å². The molecule has 2 aromatic carbocycles. The number of hydrogen-bond donors (Lipinski definition) is 1. The first kappa shape index (κ1) is 22.5. The number of piperazine rings is 1. The summed E-state index contributed by atoms with van der Waals surface area (Å²) in [5.41, 5.74) is 3.81. The van der Waals surface area contributed by atoms with E-state index in [0.29, 0.717) is 31.1 Å². The monoisotopic (exact) mass is 429 g/mol. The lowest BCUT2D eigenvalue weighted by Crippen LogP contribution is -2.54. The van der Waals surface area contributed by atoms with Crippen LogP contribution < -0.4 is 5.32 Å². The SMILES string of the molecule is CCc1ccc(NC(=O)C(C)N2CCN(S(=O)(=O)c3ccc(C)cc3C)CC2)cc1. The number of aryl methyl sites for hydroxylation is 3. The second kappa shape index (κ2) is 9.29. The highest BCUT2D eigenvalue weighted by Gasteiger charge is 2.32. The average Bonchev–Trinajstić information content (AvgIpc) is 2.73. The van der Waals surface area contributed by atoms with Crippen molar-refractivity contribution in [2.24, 2.45) is 0 Å². The Morgan fingerprint density at radius 1 is 1.03 bits per heavy atom. The van der Waals surface area contributed by atoms with Crippen LogP contribution in [0.25, 0.3) is 0 Å². The van der Waals surface area contributed by atoms with Crippen LogP contribution in [0.4, 0.5) is 5.69 Å². The van der Waals surface area contributed by atoms with E-state index < -0.39 is 10.0 Å². The summed E-state index contributed by atoms with van der Waals surface area (Å²) < 4.78 is 27.6. The van der Waals surface area contributed by atoms with Gasteiger partial charge in [0.2, 0.25) is 15.9 Å². The first-order valence-electron chi connectivity index (χ1n) is 10.4. The molecule has 1 aliphatic heterocycles. The quantitative estimate of drug-likeness (QED) is 0.766. The molecule has 30 heavy (non-hydrogen) atoms. The lowest BCUT2D eigenvalue weighted by molar-refractivity contribution is -0.121. The van der Waals surface area contributed by atoms with Crippen molar-refractivity contribution < 1.29 is 13.2 Å². The summed E-state index contributed by atoms with van der Waals surface area (Å²) in [5.74, 6) is -0.0788. The fourth-order valence-electron chi connectivity index (χ4n) is 3.80. The van der Waals surface area contributed by atoms with Gasteiger partial charge in [-0.25, -0.2) is 8.42 Å². The molecular formula is C23H31N3O3S. The second-order valence-corrected chi connectivity index (χ2v) is 9.83. The number of benzene rings is 2. The molecule has 0 radical (unpaired) electrons. The summed E-state index contributed by atoms with van der Waals surface area (Å²) in [6.45, 7) is 9.53. The van der Waals surface area contributed by atoms with Gasteiger partial charge < -0.3 is 5.32 Å². The molecule has 7 heteroatoms. The van der Waals surface area contributed by atoms with Crippen molar-refractivity contribution in [3.8, 4) is 0 Å². The van der Waals surface area contributed by atoms with Crippen LogP contribution in [0.3, 0.4) is 0 Å². The Kier molecular flexibility index (Phi) is 6.95. The summed E-state index contributed by atoms with van der Waals surface area (Å²) in [5, 5.41) is 2.96. The van der Waals surface area contributed by atoms with Gasteiger partial charge in [0.05, 0.1) is 10.9 Å². The van der Waals surface area contributed by atoms with Crippen LogP contribution in [0.2, 0.25) is 0 Å². The van der Waals surface area contributed by atoms with Crippen molar-refractivity contribution in [3.63, 3.8) is 0 Å². The molecule has 1 saturated heterocycles. The zero-order chi connectivity index (χ0) is 21.9. The Morgan fingerprint density at radius 3 is 2.23 bits per heavy atom. The summed E-state index contributed by atoms with van der Waals surface area (Å²) in [6.07, 6.45) is 0.958. The van der Waals surface area contributed by atoms with Crippen molar-refractivity contribution in [3.05, 3.63) is 59.2 Å². The third-order valence-corrected chi connectivity index (χ3v) is 7.84. The third-order valence-electron chi connectivity index (χ3n) is 5.78. The predicted molar refractivity (Wildman–Crippen MR) is 120 cm³/mol. The summed E-state index contributed by atoms with van der Waals surface area (Å²) in [6, 6.07) is 12.9. The second-order valence-electron chi connectivity index (χ2n) is 7.92. The van der Waals surface area contributed by atoms with Crippen molar-refractivity contribution in [2.75, 3.05) is 31.5 Å². The first-order chi connectivity index (χ1) is 14.2. The largest absolute Gasteiger partial charge is 0.325 e. The molecule has 0 saturated carbocycles. The summed E-state index contributed by atoms with van der Waals surface area (Å²) >= 11 is 0. The van der Waals surface area contributed by atoms with E-state index in [1.54, 1.807) is 6.07 Å². The average molecular weight is 430 g/mol. The predicted octanol–water partition coefficient (Wildman–Crippen LogP) is 3.20. The Labute approximate surface area is 179 Å². The first-order valence-corrected chi connectivity index (χ1v) is 11.9. The fourth-order valence-corrected chi connectivity index (χ4v) is 5.42. The van der Waals surface area contributed by atoms with Crippen molar-refractivity contribution in [1.82, 2.24) is 9.21 Å². The van der Waals surface area contributed by atoms with Gasteiger partial charge in [-0.3, -0.25) is 9.69 Å². The molecule has 1 unspecified atom stereocenters. The van der Waals surface area contributed by atoms with Gasteiger partial charge in [-0.05, 0) is 56.5 Å². The van der Waals surface area contributed by atoms with Gasteiger partial charge in [-0.15, -0.1) is 0 Å². The number of nitrogens with zero attached hydrogens (tertiary/aromatic N) is 2. The number of hydrogen-bond acceptors (Lipinski definition) is 4. The Balaban J connectivity index is 1.60. The minimum atomic E-state index is -3.53. The van der Waals surface area contributed by atoms with E-state index in [1.165, 1.54) is 9.87 Å². The molecule has 0 aromatic heterocycles. The molecule has 2 aromatic rings. The molecule has 1 atom stereocenters. The Bertz CT molecular complexity index is 995.